The molecule has 0 saturated carbocycles. The van der Waals surface area contributed by atoms with Gasteiger partial charge in [0.2, 0.25) is 0 Å². The first-order valence-corrected chi connectivity index (χ1v) is 5.93. The highest BCUT2D eigenvalue weighted by Gasteiger charge is 2.09. The van der Waals surface area contributed by atoms with E-state index >= 15 is 0 Å². The summed E-state index contributed by atoms with van der Waals surface area (Å²) in [5.41, 5.74) is 0.814. The van der Waals surface area contributed by atoms with Crippen molar-refractivity contribution in [3.63, 3.8) is 0 Å². The molecule has 4 nitrogen and oxygen atoms in total. The number of rotatable bonds is 4. The molecular formula is C15H12FNO3. The van der Waals surface area contributed by atoms with Gasteiger partial charge in [0.25, 0.3) is 5.91 Å². The molecule has 0 atom stereocenters. The fourth-order valence-corrected chi connectivity index (χ4v) is 1.52. The van der Waals surface area contributed by atoms with E-state index in [4.69, 9.17) is 4.74 Å². The number of hydrogen-bond donors (Lipinski definition) is 1. The van der Waals surface area contributed by atoms with Gasteiger partial charge in [0, 0.05) is 5.69 Å². The van der Waals surface area contributed by atoms with E-state index < -0.39 is 24.3 Å². The van der Waals surface area contributed by atoms with Crippen molar-refractivity contribution in [1.29, 1.82) is 0 Å². The Hall–Kier alpha value is -2.69. The third-order valence-electron chi connectivity index (χ3n) is 2.47. The van der Waals surface area contributed by atoms with Crippen LogP contribution in [0.5, 0.6) is 0 Å². The molecular weight excluding hydrogens is 261 g/mol. The van der Waals surface area contributed by atoms with Crippen molar-refractivity contribution in [2.45, 2.75) is 0 Å². The smallest absolute Gasteiger partial charge is 0.338 e. The Balaban J connectivity index is 1.83. The van der Waals surface area contributed by atoms with E-state index in [0.717, 1.165) is 0 Å². The fraction of sp³-hybridized carbons (Fsp3) is 0.0667. The molecule has 0 heterocycles. The molecule has 0 saturated heterocycles. The summed E-state index contributed by atoms with van der Waals surface area (Å²) in [6, 6.07) is 13.7. The summed E-state index contributed by atoms with van der Waals surface area (Å²) in [4.78, 5) is 23.1. The van der Waals surface area contributed by atoms with Gasteiger partial charge in [0.05, 0.1) is 5.56 Å². The molecule has 20 heavy (non-hydrogen) atoms. The quantitative estimate of drug-likeness (QED) is 0.871. The monoisotopic (exact) mass is 273 g/mol. The summed E-state index contributed by atoms with van der Waals surface area (Å²) >= 11 is 0. The number of carbonyl (C=O) groups is 2. The van der Waals surface area contributed by atoms with Crippen LogP contribution in [0, 0.1) is 5.82 Å². The van der Waals surface area contributed by atoms with Crippen LogP contribution in [0.4, 0.5) is 10.1 Å². The Morgan fingerprint density at radius 3 is 2.30 bits per heavy atom. The number of anilines is 1. The molecule has 0 spiro atoms. The molecule has 0 fully saturated rings. The maximum Gasteiger partial charge on any atom is 0.338 e. The molecule has 0 aliphatic heterocycles. The van der Waals surface area contributed by atoms with E-state index in [-0.39, 0.29) is 0 Å². The molecule has 0 aromatic heterocycles. The van der Waals surface area contributed by atoms with Gasteiger partial charge in [0.15, 0.2) is 6.61 Å². The predicted octanol–water partition coefficient (Wildman–Crippen LogP) is 2.62. The number of hydrogen-bond acceptors (Lipinski definition) is 3. The zero-order valence-corrected chi connectivity index (χ0v) is 10.5. The van der Waals surface area contributed by atoms with Crippen molar-refractivity contribution in [3.8, 4) is 0 Å². The number of nitrogens with one attached hydrogen (secondary N) is 1. The number of halogens is 1. The Labute approximate surface area is 115 Å². The largest absolute Gasteiger partial charge is 0.452 e. The minimum absolute atomic E-state index is 0.377. The molecule has 0 bridgehead atoms. The summed E-state index contributed by atoms with van der Waals surface area (Å²) in [5.74, 6) is -1.45. The lowest BCUT2D eigenvalue weighted by Gasteiger charge is -2.06. The average Bonchev–Trinajstić information content (AvgIpc) is 2.48. The van der Waals surface area contributed by atoms with Gasteiger partial charge in [-0.15, -0.1) is 0 Å². The normalized spacial score (nSPS) is 9.85. The van der Waals surface area contributed by atoms with E-state index in [1.54, 1.807) is 30.3 Å². The second-order valence-corrected chi connectivity index (χ2v) is 4.00. The first-order chi connectivity index (χ1) is 9.65. The van der Waals surface area contributed by atoms with Crippen molar-refractivity contribution < 1.29 is 18.7 Å². The van der Waals surface area contributed by atoms with Crippen LogP contribution in [0.15, 0.2) is 54.6 Å². The second-order valence-electron chi connectivity index (χ2n) is 4.00. The van der Waals surface area contributed by atoms with Crippen molar-refractivity contribution in [1.82, 2.24) is 0 Å². The highest BCUT2D eigenvalue weighted by atomic mass is 19.1. The van der Waals surface area contributed by atoms with Crippen LogP contribution in [0.25, 0.3) is 0 Å². The van der Waals surface area contributed by atoms with Crippen LogP contribution < -0.4 is 5.32 Å². The van der Waals surface area contributed by atoms with Crippen LogP contribution in [-0.2, 0) is 9.53 Å². The number of benzene rings is 2. The molecule has 102 valence electrons. The van der Waals surface area contributed by atoms with E-state index in [0.29, 0.717) is 11.3 Å². The molecule has 0 aliphatic carbocycles. The van der Waals surface area contributed by atoms with Crippen LogP contribution in [0.2, 0.25) is 0 Å². The Kier molecular flexibility index (Phi) is 4.44. The van der Waals surface area contributed by atoms with Crippen molar-refractivity contribution in [3.05, 3.63) is 66.0 Å². The average molecular weight is 273 g/mol. The number of ether oxygens (including phenoxy) is 1. The summed E-state index contributed by atoms with van der Waals surface area (Å²) in [5, 5.41) is 2.49. The molecule has 2 aromatic rings. The third kappa shape index (κ3) is 3.91. The minimum atomic E-state index is -0.570. The second kappa shape index (κ2) is 6.47. The molecule has 0 aliphatic rings. The van der Waals surface area contributed by atoms with Crippen LogP contribution in [0.1, 0.15) is 10.4 Å². The van der Waals surface area contributed by atoms with Gasteiger partial charge >= 0.3 is 5.97 Å². The van der Waals surface area contributed by atoms with Crippen molar-refractivity contribution in [2.75, 3.05) is 11.9 Å². The van der Waals surface area contributed by atoms with Gasteiger partial charge in [-0.3, -0.25) is 4.79 Å². The molecule has 1 N–H and O–H groups in total. The lowest BCUT2D eigenvalue weighted by molar-refractivity contribution is -0.119. The van der Waals surface area contributed by atoms with E-state index in [9.17, 15) is 14.0 Å². The maximum atomic E-state index is 12.7. The van der Waals surface area contributed by atoms with Gasteiger partial charge in [-0.05, 0) is 36.4 Å². The van der Waals surface area contributed by atoms with Gasteiger partial charge in [-0.25, -0.2) is 9.18 Å². The lowest BCUT2D eigenvalue weighted by Crippen LogP contribution is -2.20. The number of esters is 1. The first kappa shape index (κ1) is 13.7. The van der Waals surface area contributed by atoms with E-state index in [2.05, 4.69) is 5.32 Å². The summed E-state index contributed by atoms with van der Waals surface area (Å²) < 4.78 is 17.5. The van der Waals surface area contributed by atoms with Crippen LogP contribution in [0.3, 0.4) is 0 Å². The standard InChI is InChI=1S/C15H12FNO3/c16-12-6-8-13(9-7-12)17-14(18)10-20-15(19)11-4-2-1-3-5-11/h1-9H,10H2,(H,17,18). The van der Waals surface area contributed by atoms with Gasteiger partial charge in [-0.1, -0.05) is 18.2 Å². The molecule has 1 amide bonds. The molecule has 2 rings (SSSR count). The molecule has 0 radical (unpaired) electrons. The SMILES string of the molecule is O=C(COC(=O)c1ccccc1)Nc1ccc(F)cc1. The fourth-order valence-electron chi connectivity index (χ4n) is 1.52. The Bertz CT molecular complexity index is 596. The molecule has 5 heteroatoms. The predicted molar refractivity (Wildman–Crippen MR) is 71.8 cm³/mol. The first-order valence-electron chi connectivity index (χ1n) is 5.93. The molecule has 0 unspecified atom stereocenters. The van der Waals surface area contributed by atoms with Crippen molar-refractivity contribution >= 4 is 17.6 Å². The van der Waals surface area contributed by atoms with Gasteiger partial charge in [0.1, 0.15) is 5.82 Å². The maximum absolute atomic E-state index is 12.7. The van der Waals surface area contributed by atoms with Crippen molar-refractivity contribution in [2.24, 2.45) is 0 Å². The van der Waals surface area contributed by atoms with Gasteiger partial charge < -0.3 is 10.1 Å². The van der Waals surface area contributed by atoms with E-state index in [1.165, 1.54) is 24.3 Å². The summed E-state index contributed by atoms with van der Waals surface area (Å²) in [7, 11) is 0. The minimum Gasteiger partial charge on any atom is -0.452 e. The van der Waals surface area contributed by atoms with Gasteiger partial charge in [-0.2, -0.15) is 0 Å². The lowest BCUT2D eigenvalue weighted by atomic mass is 10.2. The zero-order valence-electron chi connectivity index (χ0n) is 10.5. The highest BCUT2D eigenvalue weighted by molar-refractivity contribution is 5.95. The Morgan fingerprint density at radius 1 is 1.00 bits per heavy atom. The van der Waals surface area contributed by atoms with Crippen LogP contribution >= 0.6 is 0 Å². The Morgan fingerprint density at radius 2 is 1.65 bits per heavy atom. The van der Waals surface area contributed by atoms with Crippen LogP contribution in [-0.4, -0.2) is 18.5 Å². The summed E-state index contributed by atoms with van der Waals surface area (Å²) in [6.45, 7) is -0.398. The van der Waals surface area contributed by atoms with E-state index in [1.807, 2.05) is 0 Å². The zero-order chi connectivity index (χ0) is 14.4. The summed E-state index contributed by atoms with van der Waals surface area (Å²) in [6.07, 6.45) is 0. The number of carbonyl (C=O) groups excluding carboxylic acids is 2. The topological polar surface area (TPSA) is 55.4 Å². The molecule has 2 aromatic carbocycles. The highest BCUT2D eigenvalue weighted by Crippen LogP contribution is 2.08. The number of amides is 1. The third-order valence-corrected chi connectivity index (χ3v) is 2.47.